The third-order valence-electron chi connectivity index (χ3n) is 2.31. The van der Waals surface area contributed by atoms with Crippen molar-refractivity contribution in [1.82, 2.24) is 0 Å². The van der Waals surface area contributed by atoms with Crippen molar-refractivity contribution in [2.75, 3.05) is 0 Å². The second-order valence-electron chi connectivity index (χ2n) is 4.52. The van der Waals surface area contributed by atoms with Gasteiger partial charge in [0.1, 0.15) is 0 Å². The molecule has 1 rings (SSSR count). The number of rotatable bonds is 0. The molecule has 1 saturated carbocycles. The lowest BCUT2D eigenvalue weighted by Gasteiger charge is -2.33. The number of hydrogen-bond acceptors (Lipinski definition) is 2. The molecule has 2 heteroatoms. The highest BCUT2D eigenvalue weighted by atomic mass is 16.4. The van der Waals surface area contributed by atoms with E-state index in [1.54, 1.807) is 0 Å². The van der Waals surface area contributed by atoms with Crippen molar-refractivity contribution in [2.45, 2.75) is 40.0 Å². The van der Waals surface area contributed by atoms with E-state index in [9.17, 15) is 0 Å². The molecule has 1 unspecified atom stereocenters. The summed E-state index contributed by atoms with van der Waals surface area (Å²) in [5.41, 5.74) is 1.30. The van der Waals surface area contributed by atoms with E-state index < -0.39 is 0 Å². The summed E-state index contributed by atoms with van der Waals surface area (Å²) in [6, 6.07) is 0. The Labute approximate surface area is 68.3 Å². The van der Waals surface area contributed by atoms with E-state index in [0.29, 0.717) is 11.3 Å². The Morgan fingerprint density at radius 3 is 2.64 bits per heavy atom. The summed E-state index contributed by atoms with van der Waals surface area (Å²) in [6.07, 6.45) is 3.17. The smallest absolute Gasteiger partial charge is 0.0578 e. The van der Waals surface area contributed by atoms with Crippen LogP contribution in [-0.2, 0) is 0 Å². The van der Waals surface area contributed by atoms with Gasteiger partial charge in [0.2, 0.25) is 0 Å². The molecule has 0 saturated heterocycles. The normalized spacial score (nSPS) is 34.1. The van der Waals surface area contributed by atoms with E-state index >= 15 is 0 Å². The minimum Gasteiger partial charge on any atom is -0.411 e. The van der Waals surface area contributed by atoms with Gasteiger partial charge in [-0.3, -0.25) is 0 Å². The Bertz CT molecular complexity index is 172. The van der Waals surface area contributed by atoms with Crippen LogP contribution in [-0.4, -0.2) is 10.9 Å². The summed E-state index contributed by atoms with van der Waals surface area (Å²) in [5.74, 6) is 0.671. The number of hydrogen-bond donors (Lipinski definition) is 1. The summed E-state index contributed by atoms with van der Waals surface area (Å²) in [4.78, 5) is 0. The highest BCUT2D eigenvalue weighted by Crippen LogP contribution is 2.36. The molecule has 11 heavy (non-hydrogen) atoms. The lowest BCUT2D eigenvalue weighted by Crippen LogP contribution is -2.27. The van der Waals surface area contributed by atoms with Gasteiger partial charge in [0.05, 0.1) is 5.71 Å². The van der Waals surface area contributed by atoms with Gasteiger partial charge in [-0.1, -0.05) is 25.9 Å². The second-order valence-corrected chi connectivity index (χ2v) is 4.52. The van der Waals surface area contributed by atoms with E-state index in [1.165, 1.54) is 6.42 Å². The Morgan fingerprint density at radius 1 is 1.55 bits per heavy atom. The van der Waals surface area contributed by atoms with E-state index in [0.717, 1.165) is 18.6 Å². The van der Waals surface area contributed by atoms with E-state index in [-0.39, 0.29) is 0 Å². The zero-order valence-electron chi connectivity index (χ0n) is 7.59. The first-order chi connectivity index (χ1) is 5.03. The van der Waals surface area contributed by atoms with Crippen molar-refractivity contribution >= 4 is 5.71 Å². The van der Waals surface area contributed by atoms with Crippen molar-refractivity contribution in [1.29, 1.82) is 0 Å². The fraction of sp³-hybridized carbons (Fsp3) is 0.889. The molecule has 1 atom stereocenters. The molecule has 0 amide bonds. The first kappa shape index (κ1) is 8.57. The molecule has 0 bridgehead atoms. The summed E-state index contributed by atoms with van der Waals surface area (Å²) in [5, 5.41) is 11.9. The van der Waals surface area contributed by atoms with Crippen LogP contribution in [0.25, 0.3) is 0 Å². The van der Waals surface area contributed by atoms with Gasteiger partial charge in [-0.2, -0.15) is 0 Å². The molecule has 1 aliphatic carbocycles. The molecule has 0 aromatic rings. The fourth-order valence-electron chi connectivity index (χ4n) is 2.19. The van der Waals surface area contributed by atoms with Crippen molar-refractivity contribution in [3.8, 4) is 0 Å². The van der Waals surface area contributed by atoms with Gasteiger partial charge in [-0.15, -0.1) is 0 Å². The maximum Gasteiger partial charge on any atom is 0.0578 e. The van der Waals surface area contributed by atoms with Crippen molar-refractivity contribution in [2.24, 2.45) is 16.5 Å². The monoisotopic (exact) mass is 155 g/mol. The minimum atomic E-state index is 0.333. The molecule has 64 valence electrons. The SMILES string of the molecule is CC1C/C(=N\O)CC(C)(C)C1. The van der Waals surface area contributed by atoms with Gasteiger partial charge in [-0.25, -0.2) is 0 Å². The average Bonchev–Trinajstić information content (AvgIpc) is 1.83. The Kier molecular flexibility index (Phi) is 2.21. The predicted molar refractivity (Wildman–Crippen MR) is 46.0 cm³/mol. The molecule has 0 aliphatic heterocycles. The fourth-order valence-corrected chi connectivity index (χ4v) is 2.19. The molecule has 1 fully saturated rings. The number of nitrogens with zero attached hydrogens (tertiary/aromatic N) is 1. The van der Waals surface area contributed by atoms with E-state index in [1.807, 2.05) is 0 Å². The Hall–Kier alpha value is -0.530. The molecular weight excluding hydrogens is 138 g/mol. The summed E-state index contributed by atoms with van der Waals surface area (Å²) >= 11 is 0. The largest absolute Gasteiger partial charge is 0.411 e. The molecule has 0 radical (unpaired) electrons. The first-order valence-corrected chi connectivity index (χ1v) is 4.23. The molecular formula is C9H17NO. The summed E-state index contributed by atoms with van der Waals surface area (Å²) in [7, 11) is 0. The Morgan fingerprint density at radius 2 is 2.18 bits per heavy atom. The van der Waals surface area contributed by atoms with Crippen LogP contribution in [0.1, 0.15) is 40.0 Å². The predicted octanol–water partition coefficient (Wildman–Crippen LogP) is 2.66. The van der Waals surface area contributed by atoms with Crippen LogP contribution in [0.2, 0.25) is 0 Å². The summed E-state index contributed by atoms with van der Waals surface area (Å²) in [6.45, 7) is 6.67. The van der Waals surface area contributed by atoms with Gasteiger partial charge in [0.15, 0.2) is 0 Å². The lowest BCUT2D eigenvalue weighted by molar-refractivity contribution is 0.249. The van der Waals surface area contributed by atoms with Gasteiger partial charge in [-0.05, 0) is 30.6 Å². The first-order valence-electron chi connectivity index (χ1n) is 4.23. The number of oxime groups is 1. The van der Waals surface area contributed by atoms with Crippen molar-refractivity contribution in [3.63, 3.8) is 0 Å². The summed E-state index contributed by atoms with van der Waals surface area (Å²) < 4.78 is 0. The quantitative estimate of drug-likeness (QED) is 0.423. The maximum atomic E-state index is 8.63. The molecule has 1 aliphatic rings. The second kappa shape index (κ2) is 2.84. The molecule has 0 spiro atoms. The zero-order valence-corrected chi connectivity index (χ0v) is 7.59. The van der Waals surface area contributed by atoms with Gasteiger partial charge < -0.3 is 5.21 Å². The third-order valence-corrected chi connectivity index (χ3v) is 2.31. The molecule has 1 N–H and O–H groups in total. The van der Waals surface area contributed by atoms with Crippen molar-refractivity contribution in [3.05, 3.63) is 0 Å². The van der Waals surface area contributed by atoms with E-state index in [4.69, 9.17) is 5.21 Å². The average molecular weight is 155 g/mol. The van der Waals surface area contributed by atoms with Gasteiger partial charge >= 0.3 is 0 Å². The van der Waals surface area contributed by atoms with Crippen molar-refractivity contribution < 1.29 is 5.21 Å². The molecule has 0 heterocycles. The van der Waals surface area contributed by atoms with Crippen LogP contribution in [0.3, 0.4) is 0 Å². The molecule has 0 aromatic heterocycles. The zero-order chi connectivity index (χ0) is 8.48. The standard InChI is InChI=1S/C9H17NO/c1-7-4-8(10-11)6-9(2,3)5-7/h7,11H,4-6H2,1-3H3/b10-8+. The topological polar surface area (TPSA) is 32.6 Å². The minimum absolute atomic E-state index is 0.333. The third kappa shape index (κ3) is 2.21. The molecule has 0 aromatic carbocycles. The maximum absolute atomic E-state index is 8.63. The van der Waals surface area contributed by atoms with Crippen LogP contribution in [0.15, 0.2) is 5.16 Å². The van der Waals surface area contributed by atoms with Crippen LogP contribution in [0, 0.1) is 11.3 Å². The van der Waals surface area contributed by atoms with Crippen LogP contribution >= 0.6 is 0 Å². The molecule has 2 nitrogen and oxygen atoms in total. The Balaban J connectivity index is 2.66. The highest BCUT2D eigenvalue weighted by molar-refractivity contribution is 5.85. The van der Waals surface area contributed by atoms with Crippen LogP contribution in [0.4, 0.5) is 0 Å². The lowest BCUT2D eigenvalue weighted by atomic mass is 9.72. The van der Waals surface area contributed by atoms with Gasteiger partial charge in [0.25, 0.3) is 0 Å². The van der Waals surface area contributed by atoms with Gasteiger partial charge in [0, 0.05) is 0 Å². The van der Waals surface area contributed by atoms with Crippen LogP contribution in [0.5, 0.6) is 0 Å². The van der Waals surface area contributed by atoms with Crippen LogP contribution < -0.4 is 0 Å². The van der Waals surface area contributed by atoms with E-state index in [2.05, 4.69) is 25.9 Å². The highest BCUT2D eigenvalue weighted by Gasteiger charge is 2.29.